The van der Waals surface area contributed by atoms with Gasteiger partial charge in [0.2, 0.25) is 5.91 Å². The molecule has 1 amide bonds. The summed E-state index contributed by atoms with van der Waals surface area (Å²) in [5.74, 6) is 0.165. The number of allylic oxidation sites excluding steroid dienone is 1. The molecule has 0 fully saturated rings. The van der Waals surface area contributed by atoms with Gasteiger partial charge in [0, 0.05) is 25.0 Å². The summed E-state index contributed by atoms with van der Waals surface area (Å²) in [6, 6.07) is 0. The Morgan fingerprint density at radius 2 is 2.23 bits per heavy atom. The lowest BCUT2D eigenvalue weighted by Gasteiger charge is -2.15. The Morgan fingerprint density at radius 1 is 1.54 bits per heavy atom. The zero-order valence-electron chi connectivity index (χ0n) is 7.93. The summed E-state index contributed by atoms with van der Waals surface area (Å²) >= 11 is 0. The molecular weight excluding hydrogens is 232 g/mol. The quantitative estimate of drug-likeness (QED) is 0.745. The number of hydrogen-bond acceptors (Lipinski definition) is 2. The van der Waals surface area contributed by atoms with Gasteiger partial charge in [0.15, 0.2) is 0 Å². The summed E-state index contributed by atoms with van der Waals surface area (Å²) in [5, 5.41) is 0. The highest BCUT2D eigenvalue weighted by molar-refractivity contribution is 8.93. The summed E-state index contributed by atoms with van der Waals surface area (Å²) in [7, 11) is 0. The van der Waals surface area contributed by atoms with Crippen LogP contribution in [-0.2, 0) is 4.79 Å². The third-order valence-corrected chi connectivity index (χ3v) is 1.72. The summed E-state index contributed by atoms with van der Waals surface area (Å²) in [4.78, 5) is 14.9. The zero-order chi connectivity index (χ0) is 8.97. The Hall–Kier alpha value is -0.770. The molecule has 0 aliphatic carbocycles. The van der Waals surface area contributed by atoms with Crippen molar-refractivity contribution in [3.8, 4) is 0 Å². The summed E-state index contributed by atoms with van der Waals surface area (Å²) < 4.78 is 0. The standard InChI is InChI=1S/C9H14N2O.BrH/c1-3-5-10-6-7-11(8-10)9(12)4-2;/h3,5-7H,4,8H2,1-2H3;1H. The van der Waals surface area contributed by atoms with Crippen LogP contribution in [0.5, 0.6) is 0 Å². The number of nitrogens with zero attached hydrogens (tertiary/aromatic N) is 2. The van der Waals surface area contributed by atoms with Crippen molar-refractivity contribution in [2.75, 3.05) is 6.67 Å². The third kappa shape index (κ3) is 3.22. The van der Waals surface area contributed by atoms with Gasteiger partial charge in [0.25, 0.3) is 0 Å². The highest BCUT2D eigenvalue weighted by Crippen LogP contribution is 2.07. The van der Waals surface area contributed by atoms with Crippen molar-refractivity contribution in [2.45, 2.75) is 20.3 Å². The van der Waals surface area contributed by atoms with Gasteiger partial charge in [-0.05, 0) is 6.92 Å². The van der Waals surface area contributed by atoms with E-state index in [2.05, 4.69) is 0 Å². The average Bonchev–Trinajstić information content (AvgIpc) is 2.52. The smallest absolute Gasteiger partial charge is 0.227 e. The molecule has 1 rings (SSSR count). The van der Waals surface area contributed by atoms with Crippen LogP contribution < -0.4 is 0 Å². The van der Waals surface area contributed by atoms with E-state index in [1.165, 1.54) is 0 Å². The van der Waals surface area contributed by atoms with Crippen molar-refractivity contribution in [1.82, 2.24) is 9.80 Å². The fraction of sp³-hybridized carbons (Fsp3) is 0.444. The SMILES string of the molecule is Br.CC=CN1C=CN(C(=O)CC)C1. The number of rotatable bonds is 2. The number of amides is 1. The van der Waals surface area contributed by atoms with Crippen molar-refractivity contribution in [2.24, 2.45) is 0 Å². The molecule has 4 heteroatoms. The molecule has 3 nitrogen and oxygen atoms in total. The van der Waals surface area contributed by atoms with Crippen molar-refractivity contribution in [3.63, 3.8) is 0 Å². The Labute approximate surface area is 89.5 Å². The fourth-order valence-corrected chi connectivity index (χ4v) is 1.09. The van der Waals surface area contributed by atoms with Crippen LogP contribution in [0.4, 0.5) is 0 Å². The topological polar surface area (TPSA) is 23.6 Å². The van der Waals surface area contributed by atoms with Gasteiger partial charge in [-0.2, -0.15) is 0 Å². The molecule has 0 aromatic carbocycles. The zero-order valence-corrected chi connectivity index (χ0v) is 9.65. The molecule has 0 N–H and O–H groups in total. The Kier molecular flexibility index (Phi) is 5.46. The van der Waals surface area contributed by atoms with E-state index in [9.17, 15) is 4.79 Å². The molecule has 13 heavy (non-hydrogen) atoms. The van der Waals surface area contributed by atoms with E-state index in [-0.39, 0.29) is 22.9 Å². The van der Waals surface area contributed by atoms with Crippen molar-refractivity contribution in [3.05, 3.63) is 24.7 Å². The summed E-state index contributed by atoms with van der Waals surface area (Å²) in [6.45, 7) is 4.48. The molecule has 0 saturated carbocycles. The molecule has 0 unspecified atom stereocenters. The molecule has 1 aliphatic rings. The molecule has 0 bridgehead atoms. The number of halogens is 1. The van der Waals surface area contributed by atoms with Gasteiger partial charge < -0.3 is 4.90 Å². The Balaban J connectivity index is 0.00000144. The van der Waals surface area contributed by atoms with Gasteiger partial charge in [-0.25, -0.2) is 0 Å². The van der Waals surface area contributed by atoms with Crippen molar-refractivity contribution in [1.29, 1.82) is 0 Å². The molecule has 0 spiro atoms. The summed E-state index contributed by atoms with van der Waals surface area (Å²) in [5.41, 5.74) is 0. The highest BCUT2D eigenvalue weighted by atomic mass is 79.9. The van der Waals surface area contributed by atoms with Crippen molar-refractivity contribution >= 4 is 22.9 Å². The maximum Gasteiger partial charge on any atom is 0.227 e. The number of hydrogen-bond donors (Lipinski definition) is 0. The van der Waals surface area contributed by atoms with E-state index in [0.717, 1.165) is 0 Å². The Morgan fingerprint density at radius 3 is 2.77 bits per heavy atom. The van der Waals surface area contributed by atoms with Crippen LogP contribution in [0.3, 0.4) is 0 Å². The van der Waals surface area contributed by atoms with Crippen LogP contribution in [0.1, 0.15) is 20.3 Å². The largest absolute Gasteiger partial charge is 0.335 e. The van der Waals surface area contributed by atoms with Crippen LogP contribution >= 0.6 is 17.0 Å². The fourth-order valence-electron chi connectivity index (χ4n) is 1.09. The summed E-state index contributed by atoms with van der Waals surface area (Å²) in [6.07, 6.45) is 8.16. The molecule has 0 atom stereocenters. The number of carbonyl (C=O) groups excluding carboxylic acids is 1. The van der Waals surface area contributed by atoms with E-state index < -0.39 is 0 Å². The first-order valence-corrected chi connectivity index (χ1v) is 4.14. The molecule has 0 aromatic rings. The van der Waals surface area contributed by atoms with Gasteiger partial charge in [-0.3, -0.25) is 9.69 Å². The van der Waals surface area contributed by atoms with Gasteiger partial charge in [0.05, 0.1) is 0 Å². The number of carbonyl (C=O) groups is 1. The molecule has 0 aromatic heterocycles. The van der Waals surface area contributed by atoms with Gasteiger partial charge in [0.1, 0.15) is 6.67 Å². The van der Waals surface area contributed by atoms with Crippen LogP contribution in [0.15, 0.2) is 24.7 Å². The van der Waals surface area contributed by atoms with Crippen LogP contribution in [-0.4, -0.2) is 22.4 Å². The first-order valence-electron chi connectivity index (χ1n) is 4.14. The lowest BCUT2D eigenvalue weighted by molar-refractivity contribution is -0.128. The minimum absolute atomic E-state index is 0. The highest BCUT2D eigenvalue weighted by Gasteiger charge is 2.14. The average molecular weight is 247 g/mol. The van der Waals surface area contributed by atoms with Crippen molar-refractivity contribution < 1.29 is 4.79 Å². The second-order valence-corrected chi connectivity index (χ2v) is 2.65. The third-order valence-electron chi connectivity index (χ3n) is 1.72. The monoisotopic (exact) mass is 246 g/mol. The second-order valence-electron chi connectivity index (χ2n) is 2.65. The van der Waals surface area contributed by atoms with Crippen LogP contribution in [0, 0.1) is 0 Å². The van der Waals surface area contributed by atoms with E-state index in [1.54, 1.807) is 4.90 Å². The first-order chi connectivity index (χ1) is 5.77. The molecule has 74 valence electrons. The predicted molar refractivity (Wildman–Crippen MR) is 58.1 cm³/mol. The van der Waals surface area contributed by atoms with Crippen LogP contribution in [0.25, 0.3) is 0 Å². The lowest BCUT2D eigenvalue weighted by Crippen LogP contribution is -2.27. The maximum atomic E-state index is 11.2. The predicted octanol–water partition coefficient (Wildman–Crippen LogP) is 2.08. The lowest BCUT2D eigenvalue weighted by atomic mass is 10.4. The van der Waals surface area contributed by atoms with E-state index >= 15 is 0 Å². The minimum atomic E-state index is 0. The minimum Gasteiger partial charge on any atom is -0.335 e. The molecule has 1 aliphatic heterocycles. The van der Waals surface area contributed by atoms with Gasteiger partial charge in [-0.15, -0.1) is 17.0 Å². The van der Waals surface area contributed by atoms with Gasteiger partial charge >= 0.3 is 0 Å². The van der Waals surface area contributed by atoms with Crippen LogP contribution in [0.2, 0.25) is 0 Å². The van der Waals surface area contributed by atoms with Gasteiger partial charge in [-0.1, -0.05) is 13.0 Å². The van der Waals surface area contributed by atoms with E-state index in [0.29, 0.717) is 13.1 Å². The molecular formula is C9H15BrN2O. The second kappa shape index (κ2) is 5.80. The Bertz CT molecular complexity index is 226. The maximum absolute atomic E-state index is 11.2. The van der Waals surface area contributed by atoms with E-state index in [1.807, 2.05) is 43.4 Å². The first kappa shape index (κ1) is 12.2. The van der Waals surface area contributed by atoms with E-state index in [4.69, 9.17) is 0 Å². The molecule has 1 heterocycles. The molecule has 0 saturated heterocycles. The molecule has 0 radical (unpaired) electrons. The normalized spacial score (nSPS) is 15.2.